The van der Waals surface area contributed by atoms with Crippen LogP contribution >= 0.6 is 23.2 Å². The number of hydrogen-bond donors (Lipinski definition) is 1. The maximum atomic E-state index is 6.21. The average molecular weight is 369 g/mol. The van der Waals surface area contributed by atoms with E-state index < -0.39 is 6.29 Å². The monoisotopic (exact) mass is 368 g/mol. The van der Waals surface area contributed by atoms with Crippen LogP contribution in [-0.4, -0.2) is 19.2 Å². The Hall–Kier alpha value is -1.33. The number of nitrogens with zero attached hydrogens (tertiary/aromatic N) is 1. The van der Waals surface area contributed by atoms with Crippen molar-refractivity contribution in [2.24, 2.45) is 0 Å². The molecule has 24 heavy (non-hydrogen) atoms. The lowest BCUT2D eigenvalue weighted by molar-refractivity contribution is -0.105. The van der Waals surface area contributed by atoms with Gasteiger partial charge in [-0.15, -0.1) is 0 Å². The van der Waals surface area contributed by atoms with Gasteiger partial charge in [0.15, 0.2) is 6.29 Å². The van der Waals surface area contributed by atoms with E-state index in [1.54, 1.807) is 20.4 Å². The molecular formula is C18H22Cl2N2O2. The van der Waals surface area contributed by atoms with Gasteiger partial charge in [0.05, 0.1) is 11.1 Å². The summed E-state index contributed by atoms with van der Waals surface area (Å²) in [7, 11) is 3.15. The third-order valence-electron chi connectivity index (χ3n) is 3.88. The number of aryl methyl sites for hydroxylation is 1. The van der Waals surface area contributed by atoms with Crippen LogP contribution in [0.2, 0.25) is 10.0 Å². The molecule has 0 aliphatic rings. The summed E-state index contributed by atoms with van der Waals surface area (Å²) >= 11 is 12.3. The summed E-state index contributed by atoms with van der Waals surface area (Å²) in [6, 6.07) is 8.01. The summed E-state index contributed by atoms with van der Waals surface area (Å²) in [6.07, 6.45) is 1.97. The molecule has 1 atom stereocenters. The largest absolute Gasteiger partial charge is 0.363 e. The minimum atomic E-state index is -0.529. The first kappa shape index (κ1) is 19.0. The number of hydrogen-bond acceptors (Lipinski definition) is 4. The van der Waals surface area contributed by atoms with Gasteiger partial charge >= 0.3 is 0 Å². The summed E-state index contributed by atoms with van der Waals surface area (Å²) in [5, 5.41) is 4.71. The molecule has 2 rings (SSSR count). The molecule has 1 aromatic carbocycles. The third kappa shape index (κ3) is 4.39. The lowest BCUT2D eigenvalue weighted by Gasteiger charge is -2.21. The van der Waals surface area contributed by atoms with Crippen molar-refractivity contribution in [3.8, 4) is 0 Å². The van der Waals surface area contributed by atoms with E-state index in [1.165, 1.54) is 0 Å². The lowest BCUT2D eigenvalue weighted by atomic mass is 10.0. The van der Waals surface area contributed by atoms with Crippen molar-refractivity contribution >= 4 is 29.0 Å². The van der Waals surface area contributed by atoms with E-state index in [-0.39, 0.29) is 6.04 Å². The van der Waals surface area contributed by atoms with E-state index >= 15 is 0 Å². The van der Waals surface area contributed by atoms with E-state index in [0.29, 0.717) is 10.8 Å². The van der Waals surface area contributed by atoms with Crippen molar-refractivity contribution in [1.82, 2.24) is 4.98 Å². The molecule has 1 N–H and O–H groups in total. The van der Waals surface area contributed by atoms with E-state index in [9.17, 15) is 0 Å². The van der Waals surface area contributed by atoms with Crippen molar-refractivity contribution in [1.29, 1.82) is 0 Å². The second kappa shape index (κ2) is 8.67. The molecule has 0 spiro atoms. The molecule has 0 saturated carbocycles. The highest BCUT2D eigenvalue weighted by Gasteiger charge is 2.17. The van der Waals surface area contributed by atoms with Gasteiger partial charge in [0.25, 0.3) is 0 Å². The smallest absolute Gasteiger partial charge is 0.184 e. The number of aromatic nitrogens is 1. The number of halogens is 2. The molecule has 1 aromatic heterocycles. The minimum absolute atomic E-state index is 0.117. The fraction of sp³-hybridized carbons (Fsp3) is 0.389. The van der Waals surface area contributed by atoms with Crippen molar-refractivity contribution in [2.45, 2.75) is 32.6 Å². The molecule has 0 aliphatic heterocycles. The summed E-state index contributed by atoms with van der Waals surface area (Å²) in [6.45, 7) is 4.12. The number of anilines is 1. The van der Waals surface area contributed by atoms with Gasteiger partial charge in [-0.3, -0.25) is 0 Å². The van der Waals surface area contributed by atoms with Gasteiger partial charge in [-0.05, 0) is 36.6 Å². The molecule has 130 valence electrons. The zero-order valence-electron chi connectivity index (χ0n) is 14.3. The zero-order chi connectivity index (χ0) is 17.7. The number of methoxy groups -OCH3 is 2. The van der Waals surface area contributed by atoms with Gasteiger partial charge in [0.1, 0.15) is 5.82 Å². The Morgan fingerprint density at radius 1 is 1.12 bits per heavy atom. The zero-order valence-corrected chi connectivity index (χ0v) is 15.8. The van der Waals surface area contributed by atoms with Crippen LogP contribution in [0.5, 0.6) is 0 Å². The Morgan fingerprint density at radius 3 is 2.42 bits per heavy atom. The first-order valence-corrected chi connectivity index (χ1v) is 8.49. The van der Waals surface area contributed by atoms with Gasteiger partial charge in [-0.2, -0.15) is 0 Å². The van der Waals surface area contributed by atoms with Crippen LogP contribution in [0.25, 0.3) is 0 Å². The Balaban J connectivity index is 2.27. The predicted octanol–water partition coefficient (Wildman–Crippen LogP) is 5.55. The van der Waals surface area contributed by atoms with Crippen molar-refractivity contribution in [3.05, 3.63) is 57.2 Å². The lowest BCUT2D eigenvalue weighted by Crippen LogP contribution is -2.12. The molecule has 6 heteroatoms. The normalized spacial score (nSPS) is 12.5. The summed E-state index contributed by atoms with van der Waals surface area (Å²) in [5.74, 6) is 0.716. The number of rotatable bonds is 7. The second-order valence-electron chi connectivity index (χ2n) is 5.51. The van der Waals surface area contributed by atoms with E-state index in [2.05, 4.69) is 23.3 Å². The van der Waals surface area contributed by atoms with Gasteiger partial charge < -0.3 is 14.8 Å². The molecule has 0 unspecified atom stereocenters. The number of ether oxygens (including phenoxy) is 2. The first-order valence-electron chi connectivity index (χ1n) is 7.73. The molecule has 4 nitrogen and oxygen atoms in total. The molecule has 0 bridgehead atoms. The number of pyridine rings is 1. The highest BCUT2D eigenvalue weighted by atomic mass is 35.5. The molecular weight excluding hydrogens is 347 g/mol. The van der Waals surface area contributed by atoms with Crippen LogP contribution in [0.15, 0.2) is 30.5 Å². The molecule has 1 heterocycles. The number of benzene rings is 1. The van der Waals surface area contributed by atoms with Crippen LogP contribution in [0, 0.1) is 6.92 Å². The van der Waals surface area contributed by atoms with Crippen LogP contribution < -0.4 is 5.32 Å². The van der Waals surface area contributed by atoms with Crippen LogP contribution in [0.1, 0.15) is 42.4 Å². The first-order chi connectivity index (χ1) is 11.5. The quantitative estimate of drug-likeness (QED) is 0.650. The molecule has 0 amide bonds. The summed E-state index contributed by atoms with van der Waals surface area (Å²) in [5.41, 5.74) is 2.95. The van der Waals surface area contributed by atoms with Crippen LogP contribution in [-0.2, 0) is 9.47 Å². The molecule has 2 aromatic rings. The van der Waals surface area contributed by atoms with Gasteiger partial charge in [-0.25, -0.2) is 4.98 Å². The third-order valence-corrected chi connectivity index (χ3v) is 4.62. The van der Waals surface area contributed by atoms with Gasteiger partial charge in [0.2, 0.25) is 0 Å². The van der Waals surface area contributed by atoms with Gasteiger partial charge in [0, 0.05) is 31.0 Å². The second-order valence-corrected chi connectivity index (χ2v) is 6.32. The fourth-order valence-electron chi connectivity index (χ4n) is 2.55. The summed E-state index contributed by atoms with van der Waals surface area (Å²) in [4.78, 5) is 4.36. The Morgan fingerprint density at radius 2 is 1.83 bits per heavy atom. The Kier molecular flexibility index (Phi) is 6.87. The standard InChI is InChI=1S/C18H22Cl2N2O2/c1-5-16(12-6-7-14(19)11(2)8-12)22-17-9-13(15(20)10-21-17)18(23-3)24-4/h6-10,16,18H,5H2,1-4H3,(H,21,22)/t16-/m1/s1. The van der Waals surface area contributed by atoms with Crippen molar-refractivity contribution in [2.75, 3.05) is 19.5 Å². The molecule has 0 saturated heterocycles. The Bertz CT molecular complexity index is 691. The predicted molar refractivity (Wildman–Crippen MR) is 98.8 cm³/mol. The highest BCUT2D eigenvalue weighted by molar-refractivity contribution is 6.31. The average Bonchev–Trinajstić information content (AvgIpc) is 2.58. The highest BCUT2D eigenvalue weighted by Crippen LogP contribution is 2.30. The van der Waals surface area contributed by atoms with E-state index in [0.717, 1.165) is 28.1 Å². The van der Waals surface area contributed by atoms with E-state index in [1.807, 2.05) is 25.1 Å². The maximum Gasteiger partial charge on any atom is 0.184 e. The van der Waals surface area contributed by atoms with Crippen LogP contribution in [0.4, 0.5) is 5.82 Å². The fourth-order valence-corrected chi connectivity index (χ4v) is 2.86. The van der Waals surface area contributed by atoms with Crippen molar-refractivity contribution in [3.63, 3.8) is 0 Å². The molecule has 0 aliphatic carbocycles. The maximum absolute atomic E-state index is 6.21. The summed E-state index contributed by atoms with van der Waals surface area (Å²) < 4.78 is 10.6. The Labute approximate surface area is 153 Å². The number of nitrogens with one attached hydrogen (secondary N) is 1. The molecule has 0 fully saturated rings. The van der Waals surface area contributed by atoms with Gasteiger partial charge in [-0.1, -0.05) is 42.3 Å². The topological polar surface area (TPSA) is 43.4 Å². The van der Waals surface area contributed by atoms with Crippen LogP contribution in [0.3, 0.4) is 0 Å². The SMILES string of the molecule is CC[C@@H](Nc1cc(C(OC)OC)c(Cl)cn1)c1ccc(Cl)c(C)c1. The van der Waals surface area contributed by atoms with E-state index in [4.69, 9.17) is 32.7 Å². The van der Waals surface area contributed by atoms with Crippen molar-refractivity contribution < 1.29 is 9.47 Å². The molecule has 0 radical (unpaired) electrons. The minimum Gasteiger partial charge on any atom is -0.363 e.